The van der Waals surface area contributed by atoms with Crippen LogP contribution in [0.3, 0.4) is 0 Å². The Labute approximate surface area is 163 Å². The number of piperidine rings is 1. The van der Waals surface area contributed by atoms with Gasteiger partial charge in [-0.1, -0.05) is 18.2 Å². The number of carbonyl (C=O) groups is 1. The number of aromatic nitrogens is 1. The van der Waals surface area contributed by atoms with Crippen LogP contribution in [0.25, 0.3) is 10.9 Å². The maximum Gasteiger partial charge on any atom is 0.248 e. The minimum Gasteiger partial charge on any atom is -0.366 e. The van der Waals surface area contributed by atoms with Gasteiger partial charge in [0.1, 0.15) is 5.82 Å². The van der Waals surface area contributed by atoms with E-state index < -0.39 is 0 Å². The number of amides is 1. The lowest BCUT2D eigenvalue weighted by molar-refractivity contribution is 0.0997. The average molecular weight is 377 g/mol. The average Bonchev–Trinajstić information content (AvgIpc) is 3.20. The molecule has 2 bridgehead atoms. The topological polar surface area (TPSA) is 51.3 Å². The second-order valence-corrected chi connectivity index (χ2v) is 8.17. The molecular formula is C23H24FN3O. The van der Waals surface area contributed by atoms with Gasteiger partial charge in [-0.2, -0.15) is 0 Å². The van der Waals surface area contributed by atoms with Crippen molar-refractivity contribution in [3.05, 3.63) is 71.7 Å². The lowest BCUT2D eigenvalue weighted by Crippen LogP contribution is -2.42. The fourth-order valence-electron chi connectivity index (χ4n) is 5.15. The number of nitrogens with two attached hydrogens (primary N) is 1. The molecule has 1 aromatic heterocycles. The maximum absolute atomic E-state index is 13.2. The lowest BCUT2D eigenvalue weighted by Gasteiger charge is -2.40. The van der Waals surface area contributed by atoms with Gasteiger partial charge < -0.3 is 10.3 Å². The van der Waals surface area contributed by atoms with E-state index in [-0.39, 0.29) is 11.7 Å². The van der Waals surface area contributed by atoms with Gasteiger partial charge in [-0.05, 0) is 67.0 Å². The first-order valence-electron chi connectivity index (χ1n) is 9.99. The smallest absolute Gasteiger partial charge is 0.248 e. The number of benzene rings is 2. The molecule has 3 aromatic rings. The van der Waals surface area contributed by atoms with Crippen LogP contribution in [0.15, 0.2) is 54.7 Å². The zero-order valence-electron chi connectivity index (χ0n) is 15.7. The summed E-state index contributed by atoms with van der Waals surface area (Å²) in [6, 6.07) is 16.2. The SMILES string of the molecule is NC(=O)c1ccc2ccn(C3C[C@H]4CC[C@@H](C3)N4Cc3ccc(F)cc3)c2c1. The number of hydrogen-bond donors (Lipinski definition) is 1. The van der Waals surface area contributed by atoms with Crippen molar-refractivity contribution >= 4 is 16.8 Å². The molecule has 5 heteroatoms. The first-order valence-corrected chi connectivity index (χ1v) is 9.99. The van der Waals surface area contributed by atoms with Crippen molar-refractivity contribution in [3.8, 4) is 0 Å². The van der Waals surface area contributed by atoms with E-state index in [0.717, 1.165) is 30.3 Å². The second-order valence-electron chi connectivity index (χ2n) is 8.17. The first kappa shape index (κ1) is 17.4. The number of hydrogen-bond acceptors (Lipinski definition) is 2. The van der Waals surface area contributed by atoms with E-state index in [4.69, 9.17) is 5.73 Å². The molecular weight excluding hydrogens is 353 g/mol. The quantitative estimate of drug-likeness (QED) is 0.739. The van der Waals surface area contributed by atoms with Crippen molar-refractivity contribution in [1.82, 2.24) is 9.47 Å². The van der Waals surface area contributed by atoms with E-state index in [9.17, 15) is 9.18 Å². The van der Waals surface area contributed by atoms with Crippen molar-refractivity contribution < 1.29 is 9.18 Å². The molecule has 2 fully saturated rings. The number of primary amides is 1. The highest BCUT2D eigenvalue weighted by molar-refractivity contribution is 5.97. The number of carbonyl (C=O) groups excluding carboxylic acids is 1. The Bertz CT molecular complexity index is 1010. The third kappa shape index (κ3) is 3.00. The molecule has 4 nitrogen and oxygen atoms in total. The minimum absolute atomic E-state index is 0.180. The van der Waals surface area contributed by atoms with Gasteiger partial charge in [0.05, 0.1) is 0 Å². The van der Waals surface area contributed by atoms with Gasteiger partial charge in [0.2, 0.25) is 5.91 Å². The highest BCUT2D eigenvalue weighted by atomic mass is 19.1. The molecule has 0 spiro atoms. The number of rotatable bonds is 4. The Hall–Kier alpha value is -2.66. The summed E-state index contributed by atoms with van der Waals surface area (Å²) in [6.45, 7) is 0.889. The molecule has 2 saturated heterocycles. The molecule has 1 amide bonds. The summed E-state index contributed by atoms with van der Waals surface area (Å²) in [5, 5.41) is 1.14. The summed E-state index contributed by atoms with van der Waals surface area (Å²) in [7, 11) is 0. The van der Waals surface area contributed by atoms with Crippen LogP contribution in [0.4, 0.5) is 4.39 Å². The summed E-state index contributed by atoms with van der Waals surface area (Å²) in [5.41, 5.74) is 8.30. The Morgan fingerprint density at radius 2 is 1.71 bits per heavy atom. The van der Waals surface area contributed by atoms with E-state index in [1.165, 1.54) is 18.4 Å². The molecule has 0 aliphatic carbocycles. The molecule has 2 N–H and O–H groups in total. The van der Waals surface area contributed by atoms with Crippen LogP contribution in [0.1, 0.15) is 47.6 Å². The molecule has 0 radical (unpaired) electrons. The summed E-state index contributed by atoms with van der Waals surface area (Å²) in [4.78, 5) is 14.2. The van der Waals surface area contributed by atoms with Crippen molar-refractivity contribution in [3.63, 3.8) is 0 Å². The van der Waals surface area contributed by atoms with Crippen LogP contribution in [0.2, 0.25) is 0 Å². The van der Waals surface area contributed by atoms with Gasteiger partial charge in [0.15, 0.2) is 0 Å². The van der Waals surface area contributed by atoms with Crippen LogP contribution in [-0.2, 0) is 6.54 Å². The summed E-state index contributed by atoms with van der Waals surface area (Å²) >= 11 is 0. The molecule has 1 unspecified atom stereocenters. The van der Waals surface area contributed by atoms with Gasteiger partial charge in [-0.15, -0.1) is 0 Å². The van der Waals surface area contributed by atoms with E-state index in [2.05, 4.69) is 21.7 Å². The number of fused-ring (bicyclic) bond motifs is 3. The third-order valence-electron chi connectivity index (χ3n) is 6.54. The largest absolute Gasteiger partial charge is 0.366 e. The molecule has 144 valence electrons. The molecule has 3 heterocycles. The molecule has 28 heavy (non-hydrogen) atoms. The third-order valence-corrected chi connectivity index (χ3v) is 6.54. The van der Waals surface area contributed by atoms with Crippen molar-refractivity contribution in [1.29, 1.82) is 0 Å². The maximum atomic E-state index is 13.2. The number of nitrogens with zero attached hydrogens (tertiary/aromatic N) is 2. The summed E-state index contributed by atoms with van der Waals surface area (Å²) in [6.07, 6.45) is 6.78. The first-order chi connectivity index (χ1) is 13.6. The van der Waals surface area contributed by atoms with Crippen molar-refractivity contribution in [2.75, 3.05) is 0 Å². The predicted octanol–water partition coefficient (Wildman–Crippen LogP) is 4.25. The van der Waals surface area contributed by atoms with Gasteiger partial charge in [0.25, 0.3) is 0 Å². The number of halogens is 1. The summed E-state index contributed by atoms with van der Waals surface area (Å²) < 4.78 is 15.5. The predicted molar refractivity (Wildman–Crippen MR) is 107 cm³/mol. The molecule has 2 aromatic carbocycles. The van der Waals surface area contributed by atoms with Crippen molar-refractivity contribution in [2.45, 2.75) is 50.4 Å². The highest BCUT2D eigenvalue weighted by Gasteiger charge is 2.41. The second kappa shape index (κ2) is 6.74. The van der Waals surface area contributed by atoms with Gasteiger partial charge in [-0.3, -0.25) is 9.69 Å². The Morgan fingerprint density at radius 1 is 1.00 bits per heavy atom. The monoisotopic (exact) mass is 377 g/mol. The molecule has 5 rings (SSSR count). The fraction of sp³-hybridized carbons (Fsp3) is 0.348. The molecule has 0 saturated carbocycles. The fourth-order valence-corrected chi connectivity index (χ4v) is 5.15. The molecule has 2 aliphatic heterocycles. The van der Waals surface area contributed by atoms with Gasteiger partial charge in [0, 0.05) is 41.9 Å². The van der Waals surface area contributed by atoms with E-state index in [1.54, 1.807) is 18.2 Å². The Kier molecular flexibility index (Phi) is 4.20. The Balaban J connectivity index is 1.38. The lowest BCUT2D eigenvalue weighted by atomic mass is 9.96. The van der Waals surface area contributed by atoms with Crippen molar-refractivity contribution in [2.24, 2.45) is 5.73 Å². The standard InChI is InChI=1S/C23H24FN3O/c24-18-5-1-15(2-6-18)14-27-19-7-8-20(27)13-21(12-19)26-10-9-16-3-4-17(23(25)28)11-22(16)26/h1-6,9-11,19-21H,7-8,12-14H2,(H2,25,28)/t19-,20+,21?. The van der Waals surface area contributed by atoms with Gasteiger partial charge >= 0.3 is 0 Å². The van der Waals surface area contributed by atoms with E-state index in [1.807, 2.05) is 24.3 Å². The van der Waals surface area contributed by atoms with Crippen LogP contribution in [-0.4, -0.2) is 27.5 Å². The van der Waals surface area contributed by atoms with Crippen LogP contribution in [0, 0.1) is 5.82 Å². The highest BCUT2D eigenvalue weighted by Crippen LogP contribution is 2.42. The minimum atomic E-state index is -0.385. The zero-order valence-corrected chi connectivity index (χ0v) is 15.7. The molecule has 2 aliphatic rings. The van der Waals surface area contributed by atoms with Gasteiger partial charge in [-0.25, -0.2) is 4.39 Å². The van der Waals surface area contributed by atoms with Crippen LogP contribution >= 0.6 is 0 Å². The van der Waals surface area contributed by atoms with E-state index in [0.29, 0.717) is 23.7 Å². The Morgan fingerprint density at radius 3 is 2.39 bits per heavy atom. The summed E-state index contributed by atoms with van der Waals surface area (Å²) in [5.74, 6) is -0.566. The van der Waals surface area contributed by atoms with Crippen LogP contribution < -0.4 is 5.73 Å². The molecule has 3 atom stereocenters. The van der Waals surface area contributed by atoms with Crippen LogP contribution in [0.5, 0.6) is 0 Å². The zero-order chi connectivity index (χ0) is 19.3. The van der Waals surface area contributed by atoms with E-state index >= 15 is 0 Å². The normalized spacial score (nSPS) is 24.7.